The van der Waals surface area contributed by atoms with Crippen molar-refractivity contribution in [2.45, 2.75) is 25.7 Å². The quantitative estimate of drug-likeness (QED) is 0.485. The van der Waals surface area contributed by atoms with E-state index in [0.717, 1.165) is 38.9 Å². The van der Waals surface area contributed by atoms with Gasteiger partial charge in [-0.2, -0.15) is 0 Å². The van der Waals surface area contributed by atoms with Gasteiger partial charge >= 0.3 is 0 Å². The van der Waals surface area contributed by atoms with Crippen LogP contribution in [-0.4, -0.2) is 49.9 Å². The highest BCUT2D eigenvalue weighted by molar-refractivity contribution is 4.42. The molecule has 0 atom stereocenters. The number of hydrogen-bond donors (Lipinski definition) is 2. The Balaban J connectivity index is 2.78. The molecular weight excluding hydrogens is 184 g/mol. The molecule has 0 aliphatic carbocycles. The first-order valence-electron chi connectivity index (χ1n) is 5.29. The molecule has 0 saturated carbocycles. The van der Waals surface area contributed by atoms with Crippen LogP contribution in [-0.2, 0) is 9.47 Å². The summed E-state index contributed by atoms with van der Waals surface area (Å²) in [6, 6.07) is 0. The maximum absolute atomic E-state index is 8.43. The molecule has 0 bridgehead atoms. The normalized spacial score (nSPS) is 10.7. The van der Waals surface area contributed by atoms with E-state index in [0.29, 0.717) is 13.2 Å². The van der Waals surface area contributed by atoms with Crippen molar-refractivity contribution in [3.63, 3.8) is 0 Å². The number of aliphatic hydroxyl groups is 2. The minimum Gasteiger partial charge on any atom is -0.394 e. The lowest BCUT2D eigenvalue weighted by atomic mass is 10.2. The molecule has 4 heteroatoms. The number of hydrogen-bond acceptors (Lipinski definition) is 4. The Bertz CT molecular complexity index is 86.1. The largest absolute Gasteiger partial charge is 0.394 e. The molecule has 2 N–H and O–H groups in total. The maximum atomic E-state index is 8.43. The summed E-state index contributed by atoms with van der Waals surface area (Å²) in [6.45, 7) is 2.57. The summed E-state index contributed by atoms with van der Waals surface area (Å²) >= 11 is 0. The van der Waals surface area contributed by atoms with Crippen LogP contribution in [0.4, 0.5) is 0 Å². The van der Waals surface area contributed by atoms with E-state index in [1.807, 2.05) is 0 Å². The van der Waals surface area contributed by atoms with E-state index >= 15 is 0 Å². The molecule has 0 aromatic heterocycles. The molecule has 0 fully saturated rings. The third kappa shape index (κ3) is 11.8. The molecule has 0 aromatic rings. The topological polar surface area (TPSA) is 58.9 Å². The zero-order valence-electron chi connectivity index (χ0n) is 8.78. The SMILES string of the molecule is OCCOCCCCCCOCCO. The number of aliphatic hydroxyl groups excluding tert-OH is 2. The van der Waals surface area contributed by atoms with E-state index in [1.54, 1.807) is 0 Å². The molecule has 14 heavy (non-hydrogen) atoms. The fourth-order valence-electron chi connectivity index (χ4n) is 1.10. The van der Waals surface area contributed by atoms with Gasteiger partial charge in [-0.05, 0) is 12.8 Å². The molecule has 4 nitrogen and oxygen atoms in total. The highest BCUT2D eigenvalue weighted by Gasteiger charge is 1.91. The lowest BCUT2D eigenvalue weighted by molar-refractivity contribution is 0.0836. The smallest absolute Gasteiger partial charge is 0.0697 e. The van der Waals surface area contributed by atoms with Gasteiger partial charge in [0.1, 0.15) is 0 Å². The molecule has 0 aromatic carbocycles. The summed E-state index contributed by atoms with van der Waals surface area (Å²) in [6.07, 6.45) is 4.35. The number of ether oxygens (including phenoxy) is 2. The fraction of sp³-hybridized carbons (Fsp3) is 1.00. The molecule has 0 radical (unpaired) electrons. The molecule has 86 valence electrons. The van der Waals surface area contributed by atoms with Gasteiger partial charge in [-0.25, -0.2) is 0 Å². The van der Waals surface area contributed by atoms with Gasteiger partial charge in [0.2, 0.25) is 0 Å². The lowest BCUT2D eigenvalue weighted by Crippen LogP contribution is -2.02. The average Bonchev–Trinajstić information content (AvgIpc) is 2.21. The van der Waals surface area contributed by atoms with Crippen molar-refractivity contribution in [2.24, 2.45) is 0 Å². The second-order valence-corrected chi connectivity index (χ2v) is 3.09. The van der Waals surface area contributed by atoms with Gasteiger partial charge in [0.15, 0.2) is 0 Å². The summed E-state index contributed by atoms with van der Waals surface area (Å²) < 4.78 is 10.2. The summed E-state index contributed by atoms with van der Waals surface area (Å²) in [4.78, 5) is 0. The van der Waals surface area contributed by atoms with Crippen LogP contribution >= 0.6 is 0 Å². The fourth-order valence-corrected chi connectivity index (χ4v) is 1.10. The molecule has 0 saturated heterocycles. The van der Waals surface area contributed by atoms with Gasteiger partial charge in [0.05, 0.1) is 26.4 Å². The minimum atomic E-state index is 0.106. The van der Waals surface area contributed by atoms with E-state index in [2.05, 4.69) is 0 Å². The van der Waals surface area contributed by atoms with Crippen LogP contribution in [0.2, 0.25) is 0 Å². The second kappa shape index (κ2) is 12.8. The predicted molar refractivity (Wildman–Crippen MR) is 54.3 cm³/mol. The Morgan fingerprint density at radius 2 is 1.00 bits per heavy atom. The van der Waals surface area contributed by atoms with E-state index in [-0.39, 0.29) is 13.2 Å². The third-order valence-electron chi connectivity index (χ3n) is 1.80. The second-order valence-electron chi connectivity index (χ2n) is 3.09. The average molecular weight is 206 g/mol. The van der Waals surface area contributed by atoms with Crippen molar-refractivity contribution < 1.29 is 19.7 Å². The summed E-state index contributed by atoms with van der Waals surface area (Å²) in [7, 11) is 0. The van der Waals surface area contributed by atoms with Crippen molar-refractivity contribution >= 4 is 0 Å². The Morgan fingerprint density at radius 3 is 1.36 bits per heavy atom. The van der Waals surface area contributed by atoms with Crippen LogP contribution in [0.5, 0.6) is 0 Å². The summed E-state index contributed by atoms with van der Waals surface area (Å²) in [5.41, 5.74) is 0. The van der Waals surface area contributed by atoms with Gasteiger partial charge in [-0.15, -0.1) is 0 Å². The minimum absolute atomic E-state index is 0.106. The third-order valence-corrected chi connectivity index (χ3v) is 1.80. The van der Waals surface area contributed by atoms with Crippen LogP contribution in [0.3, 0.4) is 0 Å². The predicted octanol–water partition coefficient (Wildman–Crippen LogP) is 0.565. The molecule has 0 heterocycles. The van der Waals surface area contributed by atoms with Crippen LogP contribution in [0.15, 0.2) is 0 Å². The van der Waals surface area contributed by atoms with Crippen LogP contribution in [0.1, 0.15) is 25.7 Å². The van der Waals surface area contributed by atoms with Crippen molar-refractivity contribution in [1.29, 1.82) is 0 Å². The van der Waals surface area contributed by atoms with Crippen LogP contribution in [0, 0.1) is 0 Å². The highest BCUT2D eigenvalue weighted by Crippen LogP contribution is 2.00. The molecule has 0 unspecified atom stereocenters. The van der Waals surface area contributed by atoms with Crippen molar-refractivity contribution in [3.05, 3.63) is 0 Å². The molecule has 0 aliphatic heterocycles. The number of unbranched alkanes of at least 4 members (excludes halogenated alkanes) is 3. The van der Waals surface area contributed by atoms with Crippen LogP contribution in [0.25, 0.3) is 0 Å². The first-order valence-corrected chi connectivity index (χ1v) is 5.29. The van der Waals surface area contributed by atoms with Gasteiger partial charge in [0, 0.05) is 13.2 Å². The van der Waals surface area contributed by atoms with E-state index in [9.17, 15) is 0 Å². The van der Waals surface area contributed by atoms with Crippen molar-refractivity contribution in [2.75, 3.05) is 39.6 Å². The van der Waals surface area contributed by atoms with Gasteiger partial charge < -0.3 is 19.7 Å². The molecule has 0 aliphatic rings. The Kier molecular flexibility index (Phi) is 12.7. The highest BCUT2D eigenvalue weighted by atomic mass is 16.5. The molecule has 0 rings (SSSR count). The standard InChI is InChI=1S/C10H22O4/c11-5-9-13-7-3-1-2-4-8-14-10-6-12/h11-12H,1-10H2. The summed E-state index contributed by atoms with van der Waals surface area (Å²) in [5.74, 6) is 0. The van der Waals surface area contributed by atoms with Crippen LogP contribution < -0.4 is 0 Å². The molecular formula is C10H22O4. The van der Waals surface area contributed by atoms with Crippen molar-refractivity contribution in [3.8, 4) is 0 Å². The molecule has 0 amide bonds. The lowest BCUT2D eigenvalue weighted by Gasteiger charge is -2.03. The monoisotopic (exact) mass is 206 g/mol. The van der Waals surface area contributed by atoms with E-state index in [4.69, 9.17) is 19.7 Å². The van der Waals surface area contributed by atoms with E-state index < -0.39 is 0 Å². The first-order chi connectivity index (χ1) is 6.91. The Morgan fingerprint density at radius 1 is 0.571 bits per heavy atom. The Hall–Kier alpha value is -0.160. The molecule has 0 spiro atoms. The Labute approximate surface area is 85.8 Å². The van der Waals surface area contributed by atoms with Gasteiger partial charge in [0.25, 0.3) is 0 Å². The van der Waals surface area contributed by atoms with E-state index in [1.165, 1.54) is 0 Å². The zero-order valence-corrected chi connectivity index (χ0v) is 8.78. The first kappa shape index (κ1) is 13.8. The zero-order chi connectivity index (χ0) is 10.5. The maximum Gasteiger partial charge on any atom is 0.0697 e. The number of rotatable bonds is 11. The summed E-state index contributed by atoms with van der Waals surface area (Å²) in [5, 5.41) is 16.9. The van der Waals surface area contributed by atoms with Gasteiger partial charge in [-0.3, -0.25) is 0 Å². The van der Waals surface area contributed by atoms with Gasteiger partial charge in [-0.1, -0.05) is 12.8 Å². The van der Waals surface area contributed by atoms with Crippen molar-refractivity contribution in [1.82, 2.24) is 0 Å².